The molecule has 0 aliphatic carbocycles. The van der Waals surface area contributed by atoms with Gasteiger partial charge in [0.15, 0.2) is 0 Å². The van der Waals surface area contributed by atoms with E-state index in [0.717, 1.165) is 12.8 Å². The summed E-state index contributed by atoms with van der Waals surface area (Å²) in [5, 5.41) is 0. The van der Waals surface area contributed by atoms with Gasteiger partial charge < -0.3 is 9.47 Å². The maximum absolute atomic E-state index is 11.5. The lowest BCUT2D eigenvalue weighted by atomic mass is 10.2. The van der Waals surface area contributed by atoms with E-state index < -0.39 is 5.97 Å². The Kier molecular flexibility index (Phi) is 5.39. The number of esters is 1. The first kappa shape index (κ1) is 13.4. The van der Waals surface area contributed by atoms with Crippen molar-refractivity contribution in [2.24, 2.45) is 0 Å². The van der Waals surface area contributed by atoms with Gasteiger partial charge in [-0.25, -0.2) is 9.78 Å². The van der Waals surface area contributed by atoms with E-state index in [1.54, 1.807) is 13.8 Å². The van der Waals surface area contributed by atoms with Crippen molar-refractivity contribution in [3.05, 3.63) is 17.5 Å². The molecule has 0 saturated heterocycles. The lowest BCUT2D eigenvalue weighted by Crippen LogP contribution is -2.10. The molecule has 0 amide bonds. The molecule has 0 N–H and O–H groups in total. The van der Waals surface area contributed by atoms with Crippen molar-refractivity contribution in [3.63, 3.8) is 0 Å². The Bertz CT molecular complexity index is 380. The molecule has 17 heavy (non-hydrogen) atoms. The van der Waals surface area contributed by atoms with Crippen molar-refractivity contribution >= 4 is 5.97 Å². The van der Waals surface area contributed by atoms with E-state index in [-0.39, 0.29) is 0 Å². The number of carbonyl (C=O) groups excluding carboxylic acids is 1. The summed E-state index contributed by atoms with van der Waals surface area (Å²) in [4.78, 5) is 19.6. The standard InChI is InChI=1S/C12H18N2O3/c1-4-6-7-17-12-13-8-10(9(3)14-12)11(15)16-5-2/h8H,4-7H2,1-3H3. The maximum Gasteiger partial charge on any atom is 0.341 e. The van der Waals surface area contributed by atoms with Crippen molar-refractivity contribution < 1.29 is 14.3 Å². The molecule has 0 bridgehead atoms. The van der Waals surface area contributed by atoms with Gasteiger partial charge >= 0.3 is 12.0 Å². The summed E-state index contributed by atoms with van der Waals surface area (Å²) in [6.45, 7) is 6.51. The van der Waals surface area contributed by atoms with Crippen LogP contribution in [0.1, 0.15) is 42.7 Å². The van der Waals surface area contributed by atoms with Gasteiger partial charge in [0.1, 0.15) is 0 Å². The number of nitrogens with zero attached hydrogens (tertiary/aromatic N) is 2. The number of rotatable bonds is 6. The van der Waals surface area contributed by atoms with E-state index >= 15 is 0 Å². The van der Waals surface area contributed by atoms with E-state index in [4.69, 9.17) is 9.47 Å². The molecule has 0 radical (unpaired) electrons. The SMILES string of the molecule is CCCCOc1ncc(C(=O)OCC)c(C)n1. The number of hydrogen-bond acceptors (Lipinski definition) is 5. The van der Waals surface area contributed by atoms with E-state index in [0.29, 0.717) is 30.5 Å². The van der Waals surface area contributed by atoms with Gasteiger partial charge in [-0.1, -0.05) is 13.3 Å². The van der Waals surface area contributed by atoms with Gasteiger partial charge in [-0.15, -0.1) is 0 Å². The monoisotopic (exact) mass is 238 g/mol. The molecule has 0 saturated carbocycles. The minimum Gasteiger partial charge on any atom is -0.463 e. The van der Waals surface area contributed by atoms with Gasteiger partial charge in [-0.2, -0.15) is 4.98 Å². The van der Waals surface area contributed by atoms with Gasteiger partial charge in [0.2, 0.25) is 0 Å². The molecule has 0 atom stereocenters. The van der Waals surface area contributed by atoms with Crippen LogP contribution < -0.4 is 4.74 Å². The summed E-state index contributed by atoms with van der Waals surface area (Å²) < 4.78 is 10.2. The average molecular weight is 238 g/mol. The molecule has 0 spiro atoms. The van der Waals surface area contributed by atoms with E-state index in [9.17, 15) is 4.79 Å². The molecule has 0 aromatic carbocycles. The first-order chi connectivity index (χ1) is 8.19. The van der Waals surface area contributed by atoms with Crippen LogP contribution in [0.2, 0.25) is 0 Å². The van der Waals surface area contributed by atoms with E-state index in [1.807, 2.05) is 0 Å². The van der Waals surface area contributed by atoms with Gasteiger partial charge in [-0.05, 0) is 20.3 Å². The predicted molar refractivity (Wildman–Crippen MR) is 63.1 cm³/mol. The Hall–Kier alpha value is -1.65. The number of ether oxygens (including phenoxy) is 2. The maximum atomic E-state index is 11.5. The van der Waals surface area contributed by atoms with Crippen LogP contribution in [0.3, 0.4) is 0 Å². The highest BCUT2D eigenvalue weighted by atomic mass is 16.5. The molecule has 0 aliphatic heterocycles. The van der Waals surface area contributed by atoms with Gasteiger partial charge in [0, 0.05) is 6.20 Å². The molecular formula is C12H18N2O3. The summed E-state index contributed by atoms with van der Waals surface area (Å²) in [5.74, 6) is -0.398. The van der Waals surface area contributed by atoms with Gasteiger partial charge in [-0.3, -0.25) is 0 Å². The van der Waals surface area contributed by atoms with Crippen LogP contribution in [-0.4, -0.2) is 29.2 Å². The summed E-state index contributed by atoms with van der Waals surface area (Å²) in [7, 11) is 0. The first-order valence-electron chi connectivity index (χ1n) is 5.82. The normalized spacial score (nSPS) is 10.1. The average Bonchev–Trinajstić information content (AvgIpc) is 2.29. The van der Waals surface area contributed by atoms with Crippen LogP contribution in [0.5, 0.6) is 6.01 Å². The van der Waals surface area contributed by atoms with Crippen LogP contribution in [0.25, 0.3) is 0 Å². The van der Waals surface area contributed by atoms with Crippen molar-refractivity contribution in [1.82, 2.24) is 9.97 Å². The number of aryl methyl sites for hydroxylation is 1. The Morgan fingerprint density at radius 2 is 2.18 bits per heavy atom. The Morgan fingerprint density at radius 1 is 1.41 bits per heavy atom. The Balaban J connectivity index is 2.68. The molecule has 1 aromatic heterocycles. The zero-order valence-corrected chi connectivity index (χ0v) is 10.5. The number of aromatic nitrogens is 2. The zero-order valence-electron chi connectivity index (χ0n) is 10.5. The fraction of sp³-hybridized carbons (Fsp3) is 0.583. The number of carbonyl (C=O) groups is 1. The molecule has 0 fully saturated rings. The number of unbranched alkanes of at least 4 members (excludes halogenated alkanes) is 1. The van der Waals surface area contributed by atoms with E-state index in [2.05, 4.69) is 16.9 Å². The topological polar surface area (TPSA) is 61.3 Å². The highest BCUT2D eigenvalue weighted by Gasteiger charge is 2.12. The highest BCUT2D eigenvalue weighted by molar-refractivity contribution is 5.90. The third-order valence-electron chi connectivity index (χ3n) is 2.18. The molecule has 1 aromatic rings. The highest BCUT2D eigenvalue weighted by Crippen LogP contribution is 2.10. The summed E-state index contributed by atoms with van der Waals surface area (Å²) in [6, 6.07) is 0.309. The lowest BCUT2D eigenvalue weighted by Gasteiger charge is -2.07. The van der Waals surface area contributed by atoms with Gasteiger partial charge in [0.05, 0.1) is 24.5 Å². The third kappa shape index (κ3) is 4.01. The third-order valence-corrected chi connectivity index (χ3v) is 2.18. The molecule has 1 heterocycles. The lowest BCUT2D eigenvalue weighted by molar-refractivity contribution is 0.0524. The van der Waals surface area contributed by atoms with Crippen LogP contribution in [0, 0.1) is 6.92 Å². The fourth-order valence-electron chi connectivity index (χ4n) is 1.23. The molecule has 5 heteroatoms. The van der Waals surface area contributed by atoms with Crippen LogP contribution in [-0.2, 0) is 4.74 Å². The minimum absolute atomic E-state index is 0.309. The minimum atomic E-state index is -0.398. The van der Waals surface area contributed by atoms with Crippen LogP contribution in [0.15, 0.2) is 6.20 Å². The van der Waals surface area contributed by atoms with Crippen LogP contribution >= 0.6 is 0 Å². The van der Waals surface area contributed by atoms with Crippen molar-refractivity contribution in [2.45, 2.75) is 33.6 Å². The molecule has 0 unspecified atom stereocenters. The second-order valence-electron chi connectivity index (χ2n) is 3.57. The van der Waals surface area contributed by atoms with Crippen molar-refractivity contribution in [1.29, 1.82) is 0 Å². The van der Waals surface area contributed by atoms with Crippen molar-refractivity contribution in [3.8, 4) is 6.01 Å². The summed E-state index contributed by atoms with van der Waals surface area (Å²) in [5.41, 5.74) is 0.958. The zero-order chi connectivity index (χ0) is 12.7. The molecular weight excluding hydrogens is 220 g/mol. The summed E-state index contributed by atoms with van der Waals surface area (Å²) in [6.07, 6.45) is 3.46. The first-order valence-corrected chi connectivity index (χ1v) is 5.82. The Morgan fingerprint density at radius 3 is 2.76 bits per heavy atom. The molecule has 5 nitrogen and oxygen atoms in total. The smallest absolute Gasteiger partial charge is 0.341 e. The van der Waals surface area contributed by atoms with Crippen molar-refractivity contribution in [2.75, 3.05) is 13.2 Å². The summed E-state index contributed by atoms with van der Waals surface area (Å²) >= 11 is 0. The Labute approximate surface area is 101 Å². The molecule has 1 rings (SSSR count). The number of hydrogen-bond donors (Lipinski definition) is 0. The quantitative estimate of drug-likeness (QED) is 0.561. The fourth-order valence-corrected chi connectivity index (χ4v) is 1.23. The molecule has 94 valence electrons. The van der Waals surface area contributed by atoms with Crippen LogP contribution in [0.4, 0.5) is 0 Å². The van der Waals surface area contributed by atoms with E-state index in [1.165, 1.54) is 6.20 Å². The second-order valence-corrected chi connectivity index (χ2v) is 3.57. The predicted octanol–water partition coefficient (Wildman–Crippen LogP) is 2.14. The van der Waals surface area contributed by atoms with Gasteiger partial charge in [0.25, 0.3) is 0 Å². The second kappa shape index (κ2) is 6.83. The molecule has 0 aliphatic rings. The largest absolute Gasteiger partial charge is 0.463 e.